The van der Waals surface area contributed by atoms with Gasteiger partial charge in [-0.15, -0.1) is 0 Å². The molecule has 0 spiro atoms. The fraction of sp³-hybridized carbons (Fsp3) is 0.227. The number of benzene rings is 2. The fourth-order valence-electron chi connectivity index (χ4n) is 4.66. The molecule has 0 aromatic heterocycles. The summed E-state index contributed by atoms with van der Waals surface area (Å²) in [5.41, 5.74) is 1.60. The van der Waals surface area contributed by atoms with E-state index in [0.29, 0.717) is 22.0 Å². The van der Waals surface area contributed by atoms with Gasteiger partial charge in [-0.2, -0.15) is 0 Å². The molecule has 5 nitrogen and oxygen atoms in total. The summed E-state index contributed by atoms with van der Waals surface area (Å²) < 4.78 is 0. The molecule has 5 rings (SSSR count). The number of anilines is 2. The van der Waals surface area contributed by atoms with E-state index in [2.05, 4.69) is 17.5 Å². The SMILES string of the molecule is O=C(Nc1ccc(Cl)cc1)c1ccc(N2C(=O)[C@@H]3[C@@H](C2=O)[C@H]2C=C[C@@H]3C2)cc1. The van der Waals surface area contributed by atoms with E-state index in [1.54, 1.807) is 48.5 Å². The number of hydrogen-bond donors (Lipinski definition) is 1. The summed E-state index contributed by atoms with van der Waals surface area (Å²) >= 11 is 5.85. The lowest BCUT2D eigenvalue weighted by molar-refractivity contribution is -0.123. The van der Waals surface area contributed by atoms with E-state index in [0.717, 1.165) is 6.42 Å². The Labute approximate surface area is 167 Å². The maximum Gasteiger partial charge on any atom is 0.255 e. The molecule has 140 valence electrons. The monoisotopic (exact) mass is 392 g/mol. The van der Waals surface area contributed by atoms with E-state index in [4.69, 9.17) is 11.6 Å². The summed E-state index contributed by atoms with van der Waals surface area (Å²) in [6.07, 6.45) is 5.06. The van der Waals surface area contributed by atoms with E-state index in [-0.39, 0.29) is 41.4 Å². The molecule has 3 aliphatic rings. The molecule has 2 aromatic rings. The number of carbonyl (C=O) groups excluding carboxylic acids is 3. The number of carbonyl (C=O) groups is 3. The first-order valence-electron chi connectivity index (χ1n) is 9.26. The Morgan fingerprint density at radius 2 is 1.46 bits per heavy atom. The molecule has 1 heterocycles. The molecule has 1 aliphatic heterocycles. The lowest BCUT2D eigenvalue weighted by atomic mass is 9.85. The van der Waals surface area contributed by atoms with Gasteiger partial charge in [0.15, 0.2) is 0 Å². The standard InChI is InChI=1S/C22H17ClN2O3/c23-15-5-7-16(8-6-15)24-20(26)12-3-9-17(10-4-12)25-21(27)18-13-1-2-14(11-13)19(18)22(25)28/h1-10,13-14,18-19H,11H2,(H,24,26)/t13-,14+,18-,19-/m0/s1. The van der Waals surface area contributed by atoms with Gasteiger partial charge in [-0.1, -0.05) is 23.8 Å². The van der Waals surface area contributed by atoms with Crippen LogP contribution < -0.4 is 10.2 Å². The number of hydrogen-bond acceptors (Lipinski definition) is 3. The van der Waals surface area contributed by atoms with Gasteiger partial charge in [0, 0.05) is 16.3 Å². The molecular weight excluding hydrogens is 376 g/mol. The zero-order chi connectivity index (χ0) is 19.4. The zero-order valence-electron chi connectivity index (χ0n) is 14.8. The van der Waals surface area contributed by atoms with Crippen LogP contribution in [0.25, 0.3) is 0 Å². The van der Waals surface area contributed by atoms with Crippen LogP contribution in [0.5, 0.6) is 0 Å². The molecule has 2 fully saturated rings. The van der Waals surface area contributed by atoms with Crippen LogP contribution in [0, 0.1) is 23.7 Å². The normalized spacial score (nSPS) is 27.4. The minimum atomic E-state index is -0.271. The maximum atomic E-state index is 12.9. The molecule has 1 saturated heterocycles. The number of rotatable bonds is 3. The summed E-state index contributed by atoms with van der Waals surface area (Å²) in [5, 5.41) is 3.38. The smallest absolute Gasteiger partial charge is 0.255 e. The predicted octanol–water partition coefficient (Wildman–Crippen LogP) is 3.90. The minimum Gasteiger partial charge on any atom is -0.322 e. The molecule has 0 unspecified atom stereocenters. The van der Waals surface area contributed by atoms with Gasteiger partial charge in [-0.05, 0) is 66.8 Å². The number of nitrogens with zero attached hydrogens (tertiary/aromatic N) is 1. The first-order chi connectivity index (χ1) is 13.5. The summed E-state index contributed by atoms with van der Waals surface area (Å²) in [6, 6.07) is 13.4. The number of amides is 3. The van der Waals surface area contributed by atoms with Gasteiger partial charge in [0.25, 0.3) is 5.91 Å². The van der Waals surface area contributed by atoms with Crippen molar-refractivity contribution in [3.05, 3.63) is 71.3 Å². The van der Waals surface area contributed by atoms with Gasteiger partial charge < -0.3 is 5.32 Å². The molecule has 2 bridgehead atoms. The second-order valence-corrected chi connectivity index (χ2v) is 7.96. The quantitative estimate of drug-likeness (QED) is 0.636. The first-order valence-corrected chi connectivity index (χ1v) is 9.64. The third-order valence-corrected chi connectivity index (χ3v) is 6.21. The highest BCUT2D eigenvalue weighted by molar-refractivity contribution is 6.30. The molecule has 4 atom stereocenters. The second kappa shape index (κ2) is 6.31. The van der Waals surface area contributed by atoms with E-state index in [1.807, 2.05) is 0 Å². The number of imide groups is 1. The predicted molar refractivity (Wildman–Crippen MR) is 106 cm³/mol. The highest BCUT2D eigenvalue weighted by Crippen LogP contribution is 2.53. The zero-order valence-corrected chi connectivity index (χ0v) is 15.6. The molecule has 3 amide bonds. The Balaban J connectivity index is 1.34. The van der Waals surface area contributed by atoms with Crippen LogP contribution in [0.3, 0.4) is 0 Å². The molecule has 2 aliphatic carbocycles. The van der Waals surface area contributed by atoms with Crippen molar-refractivity contribution in [3.63, 3.8) is 0 Å². The highest BCUT2D eigenvalue weighted by Gasteiger charge is 2.59. The Bertz CT molecular complexity index is 983. The van der Waals surface area contributed by atoms with Crippen LogP contribution in [-0.2, 0) is 9.59 Å². The number of halogens is 1. The molecule has 1 saturated carbocycles. The van der Waals surface area contributed by atoms with Crippen LogP contribution in [0.15, 0.2) is 60.7 Å². The Morgan fingerprint density at radius 3 is 2.04 bits per heavy atom. The molecule has 2 aromatic carbocycles. The van der Waals surface area contributed by atoms with Gasteiger partial charge in [-0.25, -0.2) is 0 Å². The van der Waals surface area contributed by atoms with Crippen molar-refractivity contribution in [3.8, 4) is 0 Å². The van der Waals surface area contributed by atoms with E-state index in [9.17, 15) is 14.4 Å². The largest absolute Gasteiger partial charge is 0.322 e. The second-order valence-electron chi connectivity index (χ2n) is 7.52. The van der Waals surface area contributed by atoms with Crippen molar-refractivity contribution >= 4 is 40.7 Å². The third kappa shape index (κ3) is 2.58. The van der Waals surface area contributed by atoms with Crippen LogP contribution in [0.2, 0.25) is 5.02 Å². The molecular formula is C22H17ClN2O3. The van der Waals surface area contributed by atoms with Gasteiger partial charge in [0.2, 0.25) is 11.8 Å². The van der Waals surface area contributed by atoms with Crippen molar-refractivity contribution in [1.82, 2.24) is 0 Å². The highest BCUT2D eigenvalue weighted by atomic mass is 35.5. The topological polar surface area (TPSA) is 66.5 Å². The average molecular weight is 393 g/mol. The van der Waals surface area contributed by atoms with Crippen molar-refractivity contribution in [2.24, 2.45) is 23.7 Å². The van der Waals surface area contributed by atoms with Crippen LogP contribution >= 0.6 is 11.6 Å². The minimum absolute atomic E-state index is 0.120. The van der Waals surface area contributed by atoms with Crippen molar-refractivity contribution in [1.29, 1.82) is 0 Å². The lowest BCUT2D eigenvalue weighted by Gasteiger charge is -2.17. The van der Waals surface area contributed by atoms with Crippen molar-refractivity contribution in [2.75, 3.05) is 10.2 Å². The molecule has 28 heavy (non-hydrogen) atoms. The summed E-state index contributed by atoms with van der Waals surface area (Å²) in [5.74, 6) is -0.602. The van der Waals surface area contributed by atoms with E-state index in [1.165, 1.54) is 4.90 Å². The van der Waals surface area contributed by atoms with Crippen LogP contribution in [0.4, 0.5) is 11.4 Å². The van der Waals surface area contributed by atoms with Crippen molar-refractivity contribution in [2.45, 2.75) is 6.42 Å². The fourth-order valence-corrected chi connectivity index (χ4v) is 4.78. The van der Waals surface area contributed by atoms with E-state index < -0.39 is 0 Å². The summed E-state index contributed by atoms with van der Waals surface area (Å²) in [7, 11) is 0. The lowest BCUT2D eigenvalue weighted by Crippen LogP contribution is -2.32. The third-order valence-electron chi connectivity index (χ3n) is 5.96. The Hall–Kier alpha value is -2.92. The Kier molecular flexibility index (Phi) is 3.88. The van der Waals surface area contributed by atoms with Crippen LogP contribution in [-0.4, -0.2) is 17.7 Å². The average Bonchev–Trinajstić information content (AvgIpc) is 3.38. The number of nitrogens with one attached hydrogen (secondary N) is 1. The first kappa shape index (κ1) is 17.2. The van der Waals surface area contributed by atoms with Crippen molar-refractivity contribution < 1.29 is 14.4 Å². The molecule has 6 heteroatoms. The van der Waals surface area contributed by atoms with Gasteiger partial charge in [-0.3, -0.25) is 19.3 Å². The maximum absolute atomic E-state index is 12.9. The van der Waals surface area contributed by atoms with Gasteiger partial charge >= 0.3 is 0 Å². The number of allylic oxidation sites excluding steroid dienone is 2. The van der Waals surface area contributed by atoms with Gasteiger partial charge in [0.1, 0.15) is 0 Å². The Morgan fingerprint density at radius 1 is 0.893 bits per heavy atom. The summed E-state index contributed by atoms with van der Waals surface area (Å²) in [6.45, 7) is 0. The molecule has 0 radical (unpaired) electrons. The number of fused-ring (bicyclic) bond motifs is 5. The molecule has 1 N–H and O–H groups in total. The van der Waals surface area contributed by atoms with E-state index >= 15 is 0 Å². The summed E-state index contributed by atoms with van der Waals surface area (Å²) in [4.78, 5) is 39.4. The van der Waals surface area contributed by atoms with Gasteiger partial charge in [0.05, 0.1) is 17.5 Å². The van der Waals surface area contributed by atoms with Crippen LogP contribution in [0.1, 0.15) is 16.8 Å².